The van der Waals surface area contributed by atoms with Crippen molar-refractivity contribution in [2.75, 3.05) is 6.26 Å². The van der Waals surface area contributed by atoms with Crippen molar-refractivity contribution in [3.8, 4) is 5.75 Å². The zero-order chi connectivity index (χ0) is 13.7. The van der Waals surface area contributed by atoms with Crippen LogP contribution in [0.2, 0.25) is 0 Å². The van der Waals surface area contributed by atoms with Crippen molar-refractivity contribution in [2.24, 2.45) is 5.73 Å². The van der Waals surface area contributed by atoms with Gasteiger partial charge in [-0.2, -0.15) is 0 Å². The fourth-order valence-corrected chi connectivity index (χ4v) is 2.30. The minimum atomic E-state index is -0.265. The standard InChI is InChI=1S/C15H16FNOS/c1-19-15-5-3-2-4-14(15)18-10-12-8-11(9-17)6-7-13(12)16/h2-8H,9-10,17H2,1H3. The van der Waals surface area contributed by atoms with Crippen LogP contribution in [0.1, 0.15) is 11.1 Å². The Morgan fingerprint density at radius 3 is 2.74 bits per heavy atom. The molecule has 0 aliphatic heterocycles. The fourth-order valence-electron chi connectivity index (χ4n) is 1.76. The van der Waals surface area contributed by atoms with Gasteiger partial charge in [-0.05, 0) is 36.1 Å². The number of hydrogen-bond acceptors (Lipinski definition) is 3. The van der Waals surface area contributed by atoms with Crippen LogP contribution in [0.5, 0.6) is 5.75 Å². The van der Waals surface area contributed by atoms with Crippen molar-refractivity contribution in [1.82, 2.24) is 0 Å². The Kier molecular flexibility index (Phi) is 4.82. The van der Waals surface area contributed by atoms with Crippen molar-refractivity contribution in [3.63, 3.8) is 0 Å². The van der Waals surface area contributed by atoms with Crippen LogP contribution in [0.25, 0.3) is 0 Å². The molecule has 4 heteroatoms. The summed E-state index contributed by atoms with van der Waals surface area (Å²) in [6, 6.07) is 12.6. The maximum absolute atomic E-state index is 13.7. The van der Waals surface area contributed by atoms with Crippen LogP contribution >= 0.6 is 11.8 Å². The van der Waals surface area contributed by atoms with E-state index in [1.807, 2.05) is 30.5 Å². The van der Waals surface area contributed by atoms with E-state index in [0.717, 1.165) is 16.2 Å². The number of rotatable bonds is 5. The van der Waals surface area contributed by atoms with Crippen LogP contribution < -0.4 is 10.5 Å². The zero-order valence-corrected chi connectivity index (χ0v) is 11.5. The Hall–Kier alpha value is -1.52. The van der Waals surface area contributed by atoms with E-state index in [1.54, 1.807) is 23.9 Å². The second-order valence-corrected chi connectivity index (χ2v) is 4.92. The van der Waals surface area contributed by atoms with Gasteiger partial charge in [-0.15, -0.1) is 11.8 Å². The smallest absolute Gasteiger partial charge is 0.133 e. The molecule has 2 N–H and O–H groups in total. The summed E-state index contributed by atoms with van der Waals surface area (Å²) >= 11 is 1.60. The highest BCUT2D eigenvalue weighted by atomic mass is 32.2. The molecule has 0 atom stereocenters. The molecule has 2 rings (SSSR count). The highest BCUT2D eigenvalue weighted by Gasteiger charge is 2.06. The van der Waals surface area contributed by atoms with E-state index in [9.17, 15) is 4.39 Å². The van der Waals surface area contributed by atoms with Gasteiger partial charge in [0.2, 0.25) is 0 Å². The maximum atomic E-state index is 13.7. The van der Waals surface area contributed by atoms with Crippen LogP contribution in [0.4, 0.5) is 4.39 Å². The van der Waals surface area contributed by atoms with Crippen LogP contribution in [0.15, 0.2) is 47.4 Å². The van der Waals surface area contributed by atoms with E-state index in [1.165, 1.54) is 6.07 Å². The second kappa shape index (κ2) is 6.59. The number of thioether (sulfide) groups is 1. The predicted molar refractivity (Wildman–Crippen MR) is 76.8 cm³/mol. The van der Waals surface area contributed by atoms with Gasteiger partial charge in [-0.1, -0.05) is 18.2 Å². The van der Waals surface area contributed by atoms with Gasteiger partial charge in [0, 0.05) is 17.0 Å². The molecular formula is C15H16FNOS. The van der Waals surface area contributed by atoms with Crippen molar-refractivity contribution >= 4 is 11.8 Å². The highest BCUT2D eigenvalue weighted by molar-refractivity contribution is 7.98. The first-order valence-electron chi connectivity index (χ1n) is 5.97. The highest BCUT2D eigenvalue weighted by Crippen LogP contribution is 2.27. The molecular weight excluding hydrogens is 261 g/mol. The summed E-state index contributed by atoms with van der Waals surface area (Å²) in [6.45, 7) is 0.603. The molecule has 2 nitrogen and oxygen atoms in total. The third-order valence-corrected chi connectivity index (χ3v) is 3.58. The summed E-state index contributed by atoms with van der Waals surface area (Å²) in [5, 5.41) is 0. The molecule has 0 bridgehead atoms. The van der Waals surface area contributed by atoms with E-state index in [4.69, 9.17) is 10.5 Å². The molecule has 0 saturated heterocycles. The summed E-state index contributed by atoms with van der Waals surface area (Å²) in [5.41, 5.74) is 6.98. The van der Waals surface area contributed by atoms with Crippen molar-refractivity contribution in [1.29, 1.82) is 0 Å². The molecule has 0 spiro atoms. The lowest BCUT2D eigenvalue weighted by atomic mass is 10.1. The summed E-state index contributed by atoms with van der Waals surface area (Å²) in [5.74, 6) is 0.506. The normalized spacial score (nSPS) is 10.5. The number of hydrogen-bond donors (Lipinski definition) is 1. The number of nitrogens with two attached hydrogens (primary N) is 1. The summed E-state index contributed by atoms with van der Waals surface area (Å²) in [6.07, 6.45) is 1.98. The number of para-hydroxylation sites is 1. The third kappa shape index (κ3) is 3.49. The van der Waals surface area contributed by atoms with Gasteiger partial charge < -0.3 is 10.5 Å². The lowest BCUT2D eigenvalue weighted by molar-refractivity contribution is 0.293. The molecule has 0 radical (unpaired) electrons. The quantitative estimate of drug-likeness (QED) is 0.848. The molecule has 0 aliphatic carbocycles. The van der Waals surface area contributed by atoms with E-state index in [-0.39, 0.29) is 12.4 Å². The fraction of sp³-hybridized carbons (Fsp3) is 0.200. The Balaban J connectivity index is 2.14. The molecule has 0 aliphatic rings. The van der Waals surface area contributed by atoms with Crippen molar-refractivity contribution in [2.45, 2.75) is 18.0 Å². The maximum Gasteiger partial charge on any atom is 0.133 e. The molecule has 0 aromatic heterocycles. The van der Waals surface area contributed by atoms with Gasteiger partial charge in [0.25, 0.3) is 0 Å². The minimum absolute atomic E-state index is 0.206. The van der Waals surface area contributed by atoms with Crippen molar-refractivity contribution < 1.29 is 9.13 Å². The van der Waals surface area contributed by atoms with Gasteiger partial charge in [0.1, 0.15) is 18.2 Å². The first-order chi connectivity index (χ1) is 9.24. The molecule has 100 valence electrons. The predicted octanol–water partition coefficient (Wildman–Crippen LogP) is 3.59. The Labute approximate surface area is 116 Å². The van der Waals surface area contributed by atoms with Gasteiger partial charge in [0.15, 0.2) is 0 Å². The van der Waals surface area contributed by atoms with Crippen molar-refractivity contribution in [3.05, 3.63) is 59.4 Å². The molecule has 0 fully saturated rings. The van der Waals surface area contributed by atoms with Gasteiger partial charge in [-0.3, -0.25) is 0 Å². The van der Waals surface area contributed by atoms with E-state index >= 15 is 0 Å². The lowest BCUT2D eigenvalue weighted by Gasteiger charge is -2.11. The van der Waals surface area contributed by atoms with Crippen LogP contribution in [-0.2, 0) is 13.2 Å². The van der Waals surface area contributed by atoms with Gasteiger partial charge in [-0.25, -0.2) is 4.39 Å². The monoisotopic (exact) mass is 277 g/mol. The number of benzene rings is 2. The van der Waals surface area contributed by atoms with E-state index in [2.05, 4.69) is 0 Å². The Bertz CT molecular complexity index is 560. The van der Waals surface area contributed by atoms with Gasteiger partial charge in [0.05, 0.1) is 0 Å². The second-order valence-electron chi connectivity index (χ2n) is 4.07. The molecule has 0 unspecified atom stereocenters. The first-order valence-corrected chi connectivity index (χ1v) is 7.20. The zero-order valence-electron chi connectivity index (χ0n) is 10.7. The molecule has 0 saturated carbocycles. The molecule has 2 aromatic carbocycles. The SMILES string of the molecule is CSc1ccccc1OCc1cc(CN)ccc1F. The lowest BCUT2D eigenvalue weighted by Crippen LogP contribution is -2.03. The Morgan fingerprint density at radius 1 is 1.21 bits per heavy atom. The molecule has 19 heavy (non-hydrogen) atoms. The topological polar surface area (TPSA) is 35.2 Å². The first kappa shape index (κ1) is 13.9. The van der Waals surface area contributed by atoms with Crippen LogP contribution in [-0.4, -0.2) is 6.26 Å². The summed E-state index contributed by atoms with van der Waals surface area (Å²) in [7, 11) is 0. The molecule has 0 heterocycles. The summed E-state index contributed by atoms with van der Waals surface area (Å²) < 4.78 is 19.4. The average molecular weight is 277 g/mol. The van der Waals surface area contributed by atoms with E-state index < -0.39 is 0 Å². The number of halogens is 1. The Morgan fingerprint density at radius 2 is 2.00 bits per heavy atom. The van der Waals surface area contributed by atoms with E-state index in [0.29, 0.717) is 12.1 Å². The van der Waals surface area contributed by atoms with Crippen LogP contribution in [0, 0.1) is 5.82 Å². The minimum Gasteiger partial charge on any atom is -0.488 e. The third-order valence-electron chi connectivity index (χ3n) is 2.80. The molecule has 2 aromatic rings. The van der Waals surface area contributed by atoms with Gasteiger partial charge >= 0.3 is 0 Å². The number of ether oxygens (including phenoxy) is 1. The summed E-state index contributed by atoms with van der Waals surface area (Å²) in [4.78, 5) is 1.04. The molecule has 0 amide bonds. The largest absolute Gasteiger partial charge is 0.488 e. The van der Waals surface area contributed by atoms with Crippen LogP contribution in [0.3, 0.4) is 0 Å². The average Bonchev–Trinajstić information content (AvgIpc) is 2.46.